The van der Waals surface area contributed by atoms with Crippen LogP contribution >= 0.6 is 0 Å². The number of hydrogen-bond acceptors (Lipinski definition) is 7. The van der Waals surface area contributed by atoms with Crippen molar-refractivity contribution in [2.45, 2.75) is 43.8 Å². The summed E-state index contributed by atoms with van der Waals surface area (Å²) < 4.78 is 0. The van der Waals surface area contributed by atoms with E-state index in [1.807, 2.05) is 0 Å². The van der Waals surface area contributed by atoms with Gasteiger partial charge in [-0.3, -0.25) is 19.2 Å². The van der Waals surface area contributed by atoms with Gasteiger partial charge >= 0.3 is 0 Å². The van der Waals surface area contributed by atoms with E-state index in [-0.39, 0.29) is 31.4 Å². The number of aromatic hydroxyl groups is 1. The molecule has 2 aromatic rings. The number of aromatic nitrogens is 2. The summed E-state index contributed by atoms with van der Waals surface area (Å²) in [6.45, 7) is 0. The zero-order chi connectivity index (χ0) is 23.7. The maximum absolute atomic E-state index is 12.9. The van der Waals surface area contributed by atoms with Gasteiger partial charge < -0.3 is 37.9 Å². The minimum Gasteiger partial charge on any atom is -0.508 e. The molecule has 4 amide bonds. The van der Waals surface area contributed by atoms with Gasteiger partial charge in [0.25, 0.3) is 0 Å². The first-order valence-electron chi connectivity index (χ1n) is 9.85. The molecule has 12 nitrogen and oxygen atoms in total. The van der Waals surface area contributed by atoms with E-state index in [4.69, 9.17) is 17.2 Å². The molecule has 0 fully saturated rings. The van der Waals surface area contributed by atoms with E-state index in [1.54, 1.807) is 18.3 Å². The van der Waals surface area contributed by atoms with Crippen molar-refractivity contribution >= 4 is 23.6 Å². The van der Waals surface area contributed by atoms with Crippen molar-refractivity contribution in [2.75, 3.05) is 0 Å². The fourth-order valence-corrected chi connectivity index (χ4v) is 2.92. The van der Waals surface area contributed by atoms with Crippen LogP contribution in [0, 0.1) is 0 Å². The monoisotopic (exact) mass is 445 g/mol. The molecule has 0 aliphatic carbocycles. The lowest BCUT2D eigenvalue weighted by molar-refractivity contribution is -0.132. The third kappa shape index (κ3) is 7.72. The molecule has 0 unspecified atom stereocenters. The number of carbonyl (C=O) groups is 4. The number of H-pyrrole nitrogens is 1. The van der Waals surface area contributed by atoms with E-state index in [0.29, 0.717) is 11.3 Å². The minimum absolute atomic E-state index is 0.0417. The van der Waals surface area contributed by atoms with Crippen molar-refractivity contribution in [3.63, 3.8) is 0 Å². The van der Waals surface area contributed by atoms with Gasteiger partial charge in [0.15, 0.2) is 0 Å². The number of phenols is 1. The van der Waals surface area contributed by atoms with Gasteiger partial charge in [-0.05, 0) is 24.1 Å². The van der Waals surface area contributed by atoms with Gasteiger partial charge in [-0.15, -0.1) is 0 Å². The van der Waals surface area contributed by atoms with E-state index in [9.17, 15) is 24.3 Å². The first-order valence-corrected chi connectivity index (χ1v) is 9.85. The number of nitrogens with one attached hydrogen (secondary N) is 3. The summed E-state index contributed by atoms with van der Waals surface area (Å²) in [6, 6.07) is 2.83. The molecule has 0 saturated heterocycles. The van der Waals surface area contributed by atoms with Crippen LogP contribution < -0.4 is 27.8 Å². The van der Waals surface area contributed by atoms with Crippen LogP contribution in [0.5, 0.6) is 5.75 Å². The fourth-order valence-electron chi connectivity index (χ4n) is 2.92. The molecular weight excluding hydrogens is 418 g/mol. The Kier molecular flexibility index (Phi) is 8.72. The zero-order valence-corrected chi connectivity index (χ0v) is 17.3. The number of amides is 4. The van der Waals surface area contributed by atoms with Gasteiger partial charge in [0, 0.05) is 25.5 Å². The maximum atomic E-state index is 12.9. The smallest absolute Gasteiger partial charge is 0.243 e. The highest BCUT2D eigenvalue weighted by Crippen LogP contribution is 2.12. The lowest BCUT2D eigenvalue weighted by Gasteiger charge is -2.23. The lowest BCUT2D eigenvalue weighted by atomic mass is 10.0. The van der Waals surface area contributed by atoms with Gasteiger partial charge in [0.05, 0.1) is 18.1 Å². The Bertz CT molecular complexity index is 930. The molecule has 2 rings (SSSR count). The van der Waals surface area contributed by atoms with Gasteiger partial charge in [0.2, 0.25) is 23.6 Å². The Balaban J connectivity index is 2.13. The summed E-state index contributed by atoms with van der Waals surface area (Å²) in [5, 5.41) is 14.5. The number of nitrogens with two attached hydrogens (primary N) is 3. The molecule has 0 radical (unpaired) electrons. The zero-order valence-electron chi connectivity index (χ0n) is 17.3. The number of nitrogens with zero attached hydrogens (tertiary/aromatic N) is 1. The predicted octanol–water partition coefficient (Wildman–Crippen LogP) is -2.05. The number of primary amides is 2. The SMILES string of the molecule is NC(=O)CC[C@H](NC(=O)[C@H](Cc1ccc(O)cc1)NC(=O)[C@@H](N)Cc1c[nH]cn1)C(N)=O. The second kappa shape index (κ2) is 11.5. The van der Waals surface area contributed by atoms with Crippen LogP contribution in [0.15, 0.2) is 36.8 Å². The number of hydrogen-bond donors (Lipinski definition) is 7. The average Bonchev–Trinajstić information content (AvgIpc) is 3.24. The van der Waals surface area contributed by atoms with Crippen molar-refractivity contribution in [3.8, 4) is 5.75 Å². The normalized spacial score (nSPS) is 13.5. The number of carbonyl (C=O) groups excluding carboxylic acids is 4. The highest BCUT2D eigenvalue weighted by Gasteiger charge is 2.28. The summed E-state index contributed by atoms with van der Waals surface area (Å²) in [7, 11) is 0. The Labute approximate surface area is 183 Å². The van der Waals surface area contributed by atoms with Crippen LogP contribution in [0.2, 0.25) is 0 Å². The van der Waals surface area contributed by atoms with Crippen molar-refractivity contribution in [3.05, 3.63) is 48.0 Å². The van der Waals surface area contributed by atoms with E-state index in [1.165, 1.54) is 18.5 Å². The second-order valence-corrected chi connectivity index (χ2v) is 7.27. The van der Waals surface area contributed by atoms with Crippen LogP contribution in [-0.2, 0) is 32.0 Å². The Hall–Kier alpha value is -3.93. The molecule has 32 heavy (non-hydrogen) atoms. The molecule has 12 heteroatoms. The molecule has 1 aromatic heterocycles. The van der Waals surface area contributed by atoms with E-state index < -0.39 is 41.8 Å². The number of rotatable bonds is 12. The molecule has 0 saturated carbocycles. The summed E-state index contributed by atoms with van der Waals surface area (Å²) >= 11 is 0. The van der Waals surface area contributed by atoms with E-state index in [0.717, 1.165) is 0 Å². The molecule has 0 aliphatic heterocycles. The largest absolute Gasteiger partial charge is 0.508 e. The predicted molar refractivity (Wildman–Crippen MR) is 114 cm³/mol. The molecule has 0 bridgehead atoms. The molecule has 172 valence electrons. The van der Waals surface area contributed by atoms with Gasteiger partial charge in [-0.1, -0.05) is 12.1 Å². The Morgan fingerprint density at radius 3 is 2.22 bits per heavy atom. The van der Waals surface area contributed by atoms with Crippen LogP contribution in [0.25, 0.3) is 0 Å². The van der Waals surface area contributed by atoms with Crippen molar-refractivity contribution in [1.29, 1.82) is 0 Å². The van der Waals surface area contributed by atoms with Crippen molar-refractivity contribution < 1.29 is 24.3 Å². The van der Waals surface area contributed by atoms with Crippen molar-refractivity contribution in [2.24, 2.45) is 17.2 Å². The van der Waals surface area contributed by atoms with Gasteiger partial charge in [-0.2, -0.15) is 0 Å². The van der Waals surface area contributed by atoms with E-state index in [2.05, 4.69) is 20.6 Å². The first-order chi connectivity index (χ1) is 15.2. The topological polar surface area (TPSA) is 219 Å². The highest BCUT2D eigenvalue weighted by atomic mass is 16.3. The summed E-state index contributed by atoms with van der Waals surface area (Å²) in [4.78, 5) is 55.0. The summed E-state index contributed by atoms with van der Waals surface area (Å²) in [5.74, 6) is -2.74. The number of imidazole rings is 1. The number of aromatic amines is 1. The number of phenolic OH excluding ortho intramolecular Hbond substituents is 1. The maximum Gasteiger partial charge on any atom is 0.243 e. The lowest BCUT2D eigenvalue weighted by Crippen LogP contribution is -2.56. The van der Waals surface area contributed by atoms with Gasteiger partial charge in [-0.25, -0.2) is 4.98 Å². The third-order valence-electron chi connectivity index (χ3n) is 4.67. The molecule has 1 aromatic carbocycles. The Morgan fingerprint density at radius 1 is 1.00 bits per heavy atom. The van der Waals surface area contributed by atoms with Crippen LogP contribution in [-0.4, -0.2) is 56.8 Å². The molecule has 0 spiro atoms. The summed E-state index contributed by atoms with van der Waals surface area (Å²) in [5.41, 5.74) is 17.6. The van der Waals surface area contributed by atoms with Crippen LogP contribution in [0.1, 0.15) is 24.1 Å². The quantitative estimate of drug-likeness (QED) is 0.193. The minimum atomic E-state index is -1.15. The van der Waals surface area contributed by atoms with Crippen molar-refractivity contribution in [1.82, 2.24) is 20.6 Å². The molecular formula is C20H27N7O5. The standard InChI is InChI=1S/C20H27N7O5/c21-14(8-12-9-24-10-25-12)19(31)27-16(7-11-1-3-13(28)4-2-11)20(32)26-15(18(23)30)5-6-17(22)29/h1-4,9-10,14-16,28H,5-8,21H2,(H2,22,29)(H2,23,30)(H,24,25)(H,26,32)(H,27,31)/t14-,15-,16-/m0/s1. The van der Waals surface area contributed by atoms with Crippen LogP contribution in [0.3, 0.4) is 0 Å². The second-order valence-electron chi connectivity index (χ2n) is 7.27. The molecule has 3 atom stereocenters. The van der Waals surface area contributed by atoms with Crippen LogP contribution in [0.4, 0.5) is 0 Å². The number of benzene rings is 1. The molecule has 1 heterocycles. The highest BCUT2D eigenvalue weighted by molar-refractivity contribution is 5.93. The first kappa shape index (κ1) is 24.3. The third-order valence-corrected chi connectivity index (χ3v) is 4.67. The fraction of sp³-hybridized carbons (Fsp3) is 0.350. The molecule has 10 N–H and O–H groups in total. The van der Waals surface area contributed by atoms with Gasteiger partial charge in [0.1, 0.15) is 17.8 Å². The van der Waals surface area contributed by atoms with E-state index >= 15 is 0 Å². The Morgan fingerprint density at radius 2 is 1.66 bits per heavy atom. The molecule has 0 aliphatic rings. The average molecular weight is 445 g/mol. The summed E-state index contributed by atoms with van der Waals surface area (Å²) in [6.07, 6.45) is 3.02.